The van der Waals surface area contributed by atoms with Gasteiger partial charge in [0.2, 0.25) is 0 Å². The summed E-state index contributed by atoms with van der Waals surface area (Å²) in [6.07, 6.45) is 3.07. The molecule has 4 heteroatoms. The summed E-state index contributed by atoms with van der Waals surface area (Å²) in [7, 11) is 0.00277. The summed E-state index contributed by atoms with van der Waals surface area (Å²) in [5.41, 5.74) is 0. The molecule has 4 atom stereocenters. The van der Waals surface area contributed by atoms with Crippen molar-refractivity contribution in [1.82, 2.24) is 0 Å². The van der Waals surface area contributed by atoms with E-state index in [4.69, 9.17) is 13.9 Å². The van der Waals surface area contributed by atoms with Crippen molar-refractivity contribution in [2.75, 3.05) is 13.9 Å². The second kappa shape index (κ2) is 4.89. The normalized spacial score (nSPS) is 35.7. The molecule has 0 aromatic heterocycles. The molecule has 0 heterocycles. The zero-order valence-electron chi connectivity index (χ0n) is 12.7. The van der Waals surface area contributed by atoms with Gasteiger partial charge in [0.05, 0.1) is 12.2 Å². The van der Waals surface area contributed by atoms with Gasteiger partial charge < -0.3 is 13.9 Å². The van der Waals surface area contributed by atoms with Crippen LogP contribution < -0.4 is 0 Å². The molecule has 2 fully saturated rings. The molecule has 3 nitrogen and oxygen atoms in total. The number of ether oxygens (including phenoxy) is 2. The fourth-order valence-electron chi connectivity index (χ4n) is 2.70. The van der Waals surface area contributed by atoms with Gasteiger partial charge in [0.15, 0.2) is 8.32 Å². The third kappa shape index (κ3) is 2.82. The molecule has 0 amide bonds. The molecule has 0 radical (unpaired) electrons. The summed E-state index contributed by atoms with van der Waals surface area (Å²) in [5.74, 6) is 1.58. The van der Waals surface area contributed by atoms with Crippen molar-refractivity contribution in [2.45, 2.75) is 64.0 Å². The average molecular weight is 272 g/mol. The van der Waals surface area contributed by atoms with Crippen molar-refractivity contribution < 1.29 is 13.9 Å². The van der Waals surface area contributed by atoms with Crippen molar-refractivity contribution in [3.05, 3.63) is 0 Å². The second-order valence-corrected chi connectivity index (χ2v) is 12.1. The maximum atomic E-state index is 6.53. The van der Waals surface area contributed by atoms with Gasteiger partial charge in [0.25, 0.3) is 0 Å². The maximum Gasteiger partial charge on any atom is 0.192 e. The third-order valence-corrected chi connectivity index (χ3v) is 9.44. The number of methoxy groups -OCH3 is 1. The maximum absolute atomic E-state index is 6.53. The van der Waals surface area contributed by atoms with Gasteiger partial charge >= 0.3 is 0 Å². The van der Waals surface area contributed by atoms with Gasteiger partial charge in [0, 0.05) is 7.11 Å². The number of hydrogen-bond donors (Lipinski definition) is 0. The van der Waals surface area contributed by atoms with E-state index < -0.39 is 8.32 Å². The predicted molar refractivity (Wildman–Crippen MR) is 75.0 cm³/mol. The fourth-order valence-corrected chi connectivity index (χ4v) is 4.04. The predicted octanol–water partition coefficient (Wildman–Crippen LogP) is 3.41. The summed E-state index contributed by atoms with van der Waals surface area (Å²) in [6.45, 7) is 11.9. The van der Waals surface area contributed by atoms with Gasteiger partial charge in [-0.15, -0.1) is 0 Å². The van der Waals surface area contributed by atoms with Crippen molar-refractivity contribution >= 4 is 8.32 Å². The lowest BCUT2D eigenvalue weighted by Crippen LogP contribution is -2.47. The molecule has 0 aromatic carbocycles. The minimum Gasteiger partial charge on any atom is -0.411 e. The number of rotatable bonds is 5. The number of hydrogen-bond acceptors (Lipinski definition) is 3. The SMILES string of the molecule is COCO[C@@H]1[C@@H]2C[C@H]2C[C@H]1O[Si](C)(C)C(C)(C)C. The average Bonchev–Trinajstić information content (AvgIpc) is 2.89. The Labute approximate surface area is 112 Å². The van der Waals surface area contributed by atoms with Crippen LogP contribution >= 0.6 is 0 Å². The van der Waals surface area contributed by atoms with E-state index in [1.54, 1.807) is 7.11 Å². The van der Waals surface area contributed by atoms with E-state index in [1.165, 1.54) is 12.8 Å². The molecule has 18 heavy (non-hydrogen) atoms. The highest BCUT2D eigenvalue weighted by Crippen LogP contribution is 2.55. The van der Waals surface area contributed by atoms with Gasteiger partial charge in [-0.2, -0.15) is 0 Å². The first kappa shape index (κ1) is 14.5. The van der Waals surface area contributed by atoms with Crippen molar-refractivity contribution in [3.8, 4) is 0 Å². The molecule has 0 aromatic rings. The molecule has 2 aliphatic rings. The first-order valence-electron chi connectivity index (χ1n) is 7.04. The lowest BCUT2D eigenvalue weighted by molar-refractivity contribution is -0.107. The summed E-state index contributed by atoms with van der Waals surface area (Å²) in [4.78, 5) is 0. The van der Waals surface area contributed by atoms with E-state index in [2.05, 4.69) is 33.9 Å². The first-order valence-corrected chi connectivity index (χ1v) is 9.95. The standard InChI is InChI=1S/C14H28O3Si/c1-14(2,3)18(5,6)17-12-8-10-7-11(10)13(12)16-9-15-4/h10-13H,7-9H2,1-6H3/t10-,11+,12+,13+/m0/s1. The Hall–Kier alpha value is 0.0969. The van der Waals surface area contributed by atoms with Gasteiger partial charge in [-0.05, 0) is 42.8 Å². The van der Waals surface area contributed by atoms with Crippen LogP contribution in [0.5, 0.6) is 0 Å². The van der Waals surface area contributed by atoms with E-state index in [-0.39, 0.29) is 11.1 Å². The zero-order valence-corrected chi connectivity index (χ0v) is 13.7. The van der Waals surface area contributed by atoms with Crippen molar-refractivity contribution in [1.29, 1.82) is 0 Å². The number of fused-ring (bicyclic) bond motifs is 1. The Kier molecular flexibility index (Phi) is 3.94. The third-order valence-electron chi connectivity index (χ3n) is 4.93. The van der Waals surface area contributed by atoms with Crippen LogP contribution in [0.2, 0.25) is 18.1 Å². The highest BCUT2D eigenvalue weighted by atomic mass is 28.4. The minimum absolute atomic E-state index is 0.268. The summed E-state index contributed by atoms with van der Waals surface area (Å²) in [5, 5.41) is 0.269. The second-order valence-electron chi connectivity index (χ2n) is 7.35. The van der Waals surface area contributed by atoms with Crippen molar-refractivity contribution in [3.63, 3.8) is 0 Å². The Balaban J connectivity index is 1.96. The Bertz CT molecular complexity index is 298. The van der Waals surface area contributed by atoms with E-state index >= 15 is 0 Å². The molecule has 2 saturated carbocycles. The monoisotopic (exact) mass is 272 g/mol. The lowest BCUT2D eigenvalue weighted by atomic mass is 10.2. The fraction of sp³-hybridized carbons (Fsp3) is 1.00. The van der Waals surface area contributed by atoms with E-state index in [9.17, 15) is 0 Å². The molecule has 0 spiro atoms. The molecule has 2 aliphatic carbocycles. The van der Waals surface area contributed by atoms with Crippen LogP contribution in [0.25, 0.3) is 0 Å². The van der Waals surface area contributed by atoms with Crippen LogP contribution in [-0.4, -0.2) is 34.4 Å². The van der Waals surface area contributed by atoms with E-state index in [1.807, 2.05) is 0 Å². The molecule has 106 valence electrons. The largest absolute Gasteiger partial charge is 0.411 e. The topological polar surface area (TPSA) is 27.7 Å². The van der Waals surface area contributed by atoms with E-state index in [0.717, 1.165) is 11.8 Å². The highest BCUT2D eigenvalue weighted by molar-refractivity contribution is 6.74. The Morgan fingerprint density at radius 2 is 1.83 bits per heavy atom. The molecule has 0 bridgehead atoms. The van der Waals surface area contributed by atoms with Crippen LogP contribution in [0, 0.1) is 11.8 Å². The summed E-state index contributed by atoms with van der Waals surface area (Å²) >= 11 is 0. The molecule has 0 saturated heterocycles. The first-order chi connectivity index (χ1) is 8.26. The molecular weight excluding hydrogens is 244 g/mol. The molecule has 2 rings (SSSR count). The van der Waals surface area contributed by atoms with Crippen LogP contribution in [-0.2, 0) is 13.9 Å². The minimum atomic E-state index is -1.68. The summed E-state index contributed by atoms with van der Waals surface area (Å²) < 4.78 is 17.4. The Morgan fingerprint density at radius 3 is 2.39 bits per heavy atom. The Morgan fingerprint density at radius 1 is 1.17 bits per heavy atom. The molecular formula is C14H28O3Si. The smallest absolute Gasteiger partial charge is 0.192 e. The van der Waals surface area contributed by atoms with Crippen LogP contribution in [0.15, 0.2) is 0 Å². The lowest BCUT2D eigenvalue weighted by Gasteiger charge is -2.40. The van der Waals surface area contributed by atoms with Gasteiger partial charge in [-0.1, -0.05) is 20.8 Å². The molecule has 0 N–H and O–H groups in total. The zero-order chi connectivity index (χ0) is 13.6. The van der Waals surface area contributed by atoms with Crippen LogP contribution in [0.4, 0.5) is 0 Å². The molecule has 0 unspecified atom stereocenters. The quantitative estimate of drug-likeness (QED) is 0.567. The van der Waals surface area contributed by atoms with E-state index in [0.29, 0.717) is 12.9 Å². The highest BCUT2D eigenvalue weighted by Gasteiger charge is 2.56. The molecule has 0 aliphatic heterocycles. The van der Waals surface area contributed by atoms with Crippen molar-refractivity contribution in [2.24, 2.45) is 11.8 Å². The summed E-state index contributed by atoms with van der Waals surface area (Å²) in [6, 6.07) is 0. The van der Waals surface area contributed by atoms with Crippen LogP contribution in [0.1, 0.15) is 33.6 Å². The van der Waals surface area contributed by atoms with Gasteiger partial charge in [-0.3, -0.25) is 0 Å². The van der Waals surface area contributed by atoms with Gasteiger partial charge in [0.1, 0.15) is 6.79 Å². The van der Waals surface area contributed by atoms with Crippen LogP contribution in [0.3, 0.4) is 0 Å². The van der Waals surface area contributed by atoms with Gasteiger partial charge in [-0.25, -0.2) is 0 Å².